The van der Waals surface area contributed by atoms with Gasteiger partial charge in [0.25, 0.3) is 0 Å². The Bertz CT molecular complexity index is 468. The van der Waals surface area contributed by atoms with E-state index in [1.165, 1.54) is 4.88 Å². The van der Waals surface area contributed by atoms with Crippen LogP contribution in [-0.4, -0.2) is 10.3 Å². The minimum atomic E-state index is 0.244. The zero-order valence-corrected chi connectivity index (χ0v) is 10.6. The summed E-state index contributed by atoms with van der Waals surface area (Å²) in [6.45, 7) is 4.61. The number of rotatable bonds is 4. The van der Waals surface area contributed by atoms with Crippen molar-refractivity contribution in [3.05, 3.63) is 32.7 Å². The normalized spacial score (nSPS) is 12.9. The van der Waals surface area contributed by atoms with E-state index >= 15 is 0 Å². The summed E-state index contributed by atoms with van der Waals surface area (Å²) >= 11 is 7.46. The lowest BCUT2D eigenvalue weighted by molar-refractivity contribution is 0.300. The van der Waals surface area contributed by atoms with Crippen LogP contribution >= 0.6 is 22.9 Å². The Balaban J connectivity index is 1.93. The van der Waals surface area contributed by atoms with E-state index in [4.69, 9.17) is 11.6 Å². The van der Waals surface area contributed by atoms with Gasteiger partial charge in [-0.3, -0.25) is 0 Å². The van der Waals surface area contributed by atoms with E-state index in [1.54, 1.807) is 11.3 Å². The van der Waals surface area contributed by atoms with Gasteiger partial charge in [0, 0.05) is 17.5 Å². The number of hydrogen-bond donors (Lipinski definition) is 1. The van der Waals surface area contributed by atoms with Crippen LogP contribution < -0.4 is 5.32 Å². The number of aryl methyl sites for hydroxylation is 1. The lowest BCUT2D eigenvalue weighted by Gasteiger charge is -2.10. The molecule has 2 aromatic heterocycles. The Morgan fingerprint density at radius 3 is 2.88 bits per heavy atom. The van der Waals surface area contributed by atoms with E-state index in [1.807, 2.05) is 19.1 Å². The first-order chi connectivity index (χ1) is 7.66. The van der Waals surface area contributed by atoms with Crippen LogP contribution in [-0.2, 0) is 6.54 Å². The van der Waals surface area contributed by atoms with E-state index < -0.39 is 0 Å². The molecule has 0 aliphatic rings. The third-order valence-electron chi connectivity index (χ3n) is 2.34. The van der Waals surface area contributed by atoms with Gasteiger partial charge >= 0.3 is 0 Å². The summed E-state index contributed by atoms with van der Waals surface area (Å²) in [5.41, 5.74) is 1.67. The SMILES string of the molecule is Cc1nonc1CNC(C)c1ccc(Cl)s1. The molecule has 0 amide bonds. The molecular formula is C10H12ClN3OS. The highest BCUT2D eigenvalue weighted by molar-refractivity contribution is 7.16. The molecule has 0 bridgehead atoms. The third kappa shape index (κ3) is 2.61. The molecule has 0 saturated heterocycles. The molecule has 1 atom stereocenters. The van der Waals surface area contributed by atoms with Crippen molar-refractivity contribution in [2.24, 2.45) is 0 Å². The van der Waals surface area contributed by atoms with Gasteiger partial charge in [0.05, 0.1) is 4.34 Å². The fraction of sp³-hybridized carbons (Fsp3) is 0.400. The summed E-state index contributed by atoms with van der Waals surface area (Å²) in [6.07, 6.45) is 0. The van der Waals surface area contributed by atoms with Crippen LogP contribution in [0, 0.1) is 6.92 Å². The average Bonchev–Trinajstić information content (AvgIpc) is 2.84. The predicted octanol–water partition coefficient (Wildman–Crippen LogP) is 2.94. The van der Waals surface area contributed by atoms with Crippen molar-refractivity contribution in [3.8, 4) is 0 Å². The van der Waals surface area contributed by atoms with E-state index in [-0.39, 0.29) is 6.04 Å². The smallest absolute Gasteiger partial charge is 0.121 e. The zero-order chi connectivity index (χ0) is 11.5. The van der Waals surface area contributed by atoms with Crippen molar-refractivity contribution >= 4 is 22.9 Å². The number of hydrogen-bond acceptors (Lipinski definition) is 5. The number of nitrogens with zero attached hydrogens (tertiary/aromatic N) is 2. The van der Waals surface area contributed by atoms with Gasteiger partial charge in [-0.2, -0.15) is 0 Å². The average molecular weight is 258 g/mol. The maximum Gasteiger partial charge on any atom is 0.121 e. The molecule has 2 rings (SSSR count). The molecule has 1 unspecified atom stereocenters. The Morgan fingerprint density at radius 2 is 2.31 bits per heavy atom. The fourth-order valence-corrected chi connectivity index (χ4v) is 2.41. The van der Waals surface area contributed by atoms with Crippen LogP contribution in [0.3, 0.4) is 0 Å². The summed E-state index contributed by atoms with van der Waals surface area (Å²) in [5, 5.41) is 10.9. The van der Waals surface area contributed by atoms with Gasteiger partial charge in [-0.25, -0.2) is 4.63 Å². The Labute approximate surface area is 103 Å². The topological polar surface area (TPSA) is 51.0 Å². The van der Waals surface area contributed by atoms with Gasteiger partial charge in [0.15, 0.2) is 0 Å². The van der Waals surface area contributed by atoms with Crippen molar-refractivity contribution in [2.45, 2.75) is 26.4 Å². The molecule has 0 aliphatic carbocycles. The van der Waals surface area contributed by atoms with Gasteiger partial charge in [-0.15, -0.1) is 11.3 Å². The van der Waals surface area contributed by atoms with E-state index in [0.29, 0.717) is 6.54 Å². The summed E-state index contributed by atoms with van der Waals surface area (Å²) in [7, 11) is 0. The monoisotopic (exact) mass is 257 g/mol. The molecule has 6 heteroatoms. The van der Waals surface area contributed by atoms with Crippen molar-refractivity contribution in [1.29, 1.82) is 0 Å². The largest absolute Gasteiger partial charge is 0.304 e. The number of halogens is 1. The molecule has 0 aromatic carbocycles. The second-order valence-corrected chi connectivity index (χ2v) is 5.29. The second-order valence-electron chi connectivity index (χ2n) is 3.54. The Morgan fingerprint density at radius 1 is 1.50 bits per heavy atom. The number of aromatic nitrogens is 2. The minimum Gasteiger partial charge on any atom is -0.304 e. The lowest BCUT2D eigenvalue weighted by atomic mass is 10.2. The molecule has 0 fully saturated rings. The van der Waals surface area contributed by atoms with Crippen molar-refractivity contribution in [1.82, 2.24) is 15.6 Å². The summed E-state index contributed by atoms with van der Waals surface area (Å²) in [5.74, 6) is 0. The molecule has 16 heavy (non-hydrogen) atoms. The highest BCUT2D eigenvalue weighted by atomic mass is 35.5. The molecule has 2 heterocycles. The van der Waals surface area contributed by atoms with Crippen LogP contribution in [0.5, 0.6) is 0 Å². The van der Waals surface area contributed by atoms with Gasteiger partial charge in [-0.05, 0) is 26.0 Å². The maximum absolute atomic E-state index is 5.88. The fourth-order valence-electron chi connectivity index (χ4n) is 1.32. The van der Waals surface area contributed by atoms with Gasteiger partial charge in [-0.1, -0.05) is 21.9 Å². The highest BCUT2D eigenvalue weighted by Gasteiger charge is 2.10. The first-order valence-electron chi connectivity index (χ1n) is 4.93. The van der Waals surface area contributed by atoms with Crippen molar-refractivity contribution in [2.75, 3.05) is 0 Å². The lowest BCUT2D eigenvalue weighted by Crippen LogP contribution is -2.17. The summed E-state index contributed by atoms with van der Waals surface area (Å²) in [4.78, 5) is 1.21. The molecular weight excluding hydrogens is 246 g/mol. The Hall–Kier alpha value is -0.910. The maximum atomic E-state index is 5.88. The predicted molar refractivity (Wildman–Crippen MR) is 63.6 cm³/mol. The standard InChI is InChI=1S/C10H12ClN3OS/c1-6-8(14-15-13-6)5-12-7(2)9-3-4-10(11)16-9/h3-4,7,12H,5H2,1-2H3. The van der Waals surface area contributed by atoms with Crippen LogP contribution in [0.2, 0.25) is 4.34 Å². The quantitative estimate of drug-likeness (QED) is 0.915. The molecule has 1 N–H and O–H groups in total. The molecule has 86 valence electrons. The molecule has 2 aromatic rings. The van der Waals surface area contributed by atoms with Crippen LogP contribution in [0.1, 0.15) is 29.2 Å². The minimum absolute atomic E-state index is 0.244. The summed E-state index contributed by atoms with van der Waals surface area (Å²) in [6, 6.07) is 4.18. The Kier molecular flexibility index (Phi) is 3.58. The van der Waals surface area contributed by atoms with Crippen LogP contribution in [0.4, 0.5) is 0 Å². The molecule has 0 radical (unpaired) electrons. The zero-order valence-electron chi connectivity index (χ0n) is 9.03. The molecule has 0 saturated carbocycles. The van der Waals surface area contributed by atoms with E-state index in [9.17, 15) is 0 Å². The number of thiophene rings is 1. The third-order valence-corrected chi connectivity index (χ3v) is 3.76. The van der Waals surface area contributed by atoms with Gasteiger partial charge < -0.3 is 5.32 Å². The first kappa shape index (κ1) is 11.6. The molecule has 4 nitrogen and oxygen atoms in total. The van der Waals surface area contributed by atoms with E-state index in [2.05, 4.69) is 27.2 Å². The van der Waals surface area contributed by atoms with Crippen LogP contribution in [0.25, 0.3) is 0 Å². The van der Waals surface area contributed by atoms with Crippen molar-refractivity contribution < 1.29 is 4.63 Å². The second kappa shape index (κ2) is 4.95. The number of nitrogens with one attached hydrogen (secondary N) is 1. The van der Waals surface area contributed by atoms with Gasteiger partial charge in [0.1, 0.15) is 11.4 Å². The van der Waals surface area contributed by atoms with Crippen LogP contribution in [0.15, 0.2) is 16.8 Å². The summed E-state index contributed by atoms with van der Waals surface area (Å²) < 4.78 is 5.44. The van der Waals surface area contributed by atoms with Gasteiger partial charge in [0.2, 0.25) is 0 Å². The molecule has 0 aliphatic heterocycles. The highest BCUT2D eigenvalue weighted by Crippen LogP contribution is 2.26. The molecule has 0 spiro atoms. The van der Waals surface area contributed by atoms with E-state index in [0.717, 1.165) is 15.7 Å². The first-order valence-corrected chi connectivity index (χ1v) is 6.13. The van der Waals surface area contributed by atoms with Crippen molar-refractivity contribution in [3.63, 3.8) is 0 Å².